The van der Waals surface area contributed by atoms with Crippen LogP contribution in [0.15, 0.2) is 29.5 Å². The molecule has 2 N–H and O–H groups in total. The highest BCUT2D eigenvalue weighted by atomic mass is 16.6. The Labute approximate surface area is 213 Å². The second kappa shape index (κ2) is 12.4. The zero-order chi connectivity index (χ0) is 26.2. The summed E-state index contributed by atoms with van der Waals surface area (Å²) in [5.41, 5.74) is 1.85. The first-order chi connectivity index (χ1) is 17.9. The Morgan fingerprint density at radius 2 is 1.84 bits per heavy atom. The Morgan fingerprint density at radius 1 is 1.11 bits per heavy atom. The Bertz CT molecular complexity index is 1270. The molecule has 0 aromatic carbocycles. The maximum absolute atomic E-state index is 12.4. The fourth-order valence-corrected chi connectivity index (χ4v) is 4.19. The highest BCUT2D eigenvalue weighted by Crippen LogP contribution is 2.29. The number of carboxylic acids is 1. The number of hydrogen-bond donors (Lipinski definition) is 2. The summed E-state index contributed by atoms with van der Waals surface area (Å²) in [6.07, 6.45) is 6.70. The van der Waals surface area contributed by atoms with Crippen LogP contribution in [0.25, 0.3) is 11.2 Å². The predicted octanol–water partition coefficient (Wildman–Crippen LogP) is 0.706. The van der Waals surface area contributed by atoms with Crippen LogP contribution in [-0.2, 0) is 17.9 Å². The van der Waals surface area contributed by atoms with Gasteiger partial charge in [-0.1, -0.05) is 0 Å². The Kier molecular flexibility index (Phi) is 8.80. The van der Waals surface area contributed by atoms with Gasteiger partial charge in [0.15, 0.2) is 17.1 Å². The number of carbonyl (C=O) groups is 1. The second-order valence-corrected chi connectivity index (χ2v) is 8.65. The molecular formula is C24H31N7O6. The van der Waals surface area contributed by atoms with Crippen LogP contribution in [0.2, 0.25) is 0 Å². The van der Waals surface area contributed by atoms with Crippen LogP contribution in [0.4, 0.5) is 0 Å². The van der Waals surface area contributed by atoms with Crippen molar-refractivity contribution in [2.24, 2.45) is 0 Å². The summed E-state index contributed by atoms with van der Waals surface area (Å²) in [5, 5.41) is 11.0. The molecule has 2 aliphatic heterocycles. The van der Waals surface area contributed by atoms with E-state index in [1.807, 2.05) is 6.07 Å². The third-order valence-electron chi connectivity index (χ3n) is 6.03. The molecule has 37 heavy (non-hydrogen) atoms. The van der Waals surface area contributed by atoms with Gasteiger partial charge in [-0.25, -0.2) is 9.97 Å². The molecule has 5 heterocycles. The lowest BCUT2D eigenvalue weighted by Crippen LogP contribution is -2.43. The Balaban J connectivity index is 0.000000747. The number of fused-ring (bicyclic) bond motifs is 2. The minimum atomic E-state index is -0.833. The van der Waals surface area contributed by atoms with Gasteiger partial charge in [0.2, 0.25) is 0 Å². The summed E-state index contributed by atoms with van der Waals surface area (Å²) in [5.74, 6) is 0.647. The quantitative estimate of drug-likeness (QED) is 0.457. The molecule has 0 unspecified atom stereocenters. The number of ether oxygens (including phenoxy) is 3. The first-order valence-electron chi connectivity index (χ1n) is 12.1. The molecule has 3 aromatic rings. The van der Waals surface area contributed by atoms with Gasteiger partial charge in [-0.2, -0.15) is 4.98 Å². The number of pyridine rings is 1. The Hall–Kier alpha value is -3.84. The molecule has 198 valence electrons. The van der Waals surface area contributed by atoms with Gasteiger partial charge in [-0.15, -0.1) is 0 Å². The molecule has 5 rings (SSSR count). The first kappa shape index (κ1) is 26.2. The number of hydrogen-bond acceptors (Lipinski definition) is 11. The molecule has 0 radical (unpaired) electrons. The van der Waals surface area contributed by atoms with E-state index in [9.17, 15) is 4.79 Å². The Morgan fingerprint density at radius 3 is 2.57 bits per heavy atom. The van der Waals surface area contributed by atoms with Gasteiger partial charge >= 0.3 is 6.01 Å². The lowest BCUT2D eigenvalue weighted by molar-refractivity contribution is -0.134. The van der Waals surface area contributed by atoms with Crippen molar-refractivity contribution < 1.29 is 24.1 Å². The first-order valence-corrected chi connectivity index (χ1v) is 12.1. The van der Waals surface area contributed by atoms with E-state index in [0.29, 0.717) is 49.3 Å². The maximum atomic E-state index is 12.4. The molecule has 0 spiro atoms. The smallest absolute Gasteiger partial charge is 0.318 e. The molecule has 0 bridgehead atoms. The fraction of sp³-hybridized carbons (Fsp3) is 0.500. The number of carboxylic acid groups (broad SMARTS) is 1. The normalized spacial score (nSPS) is 15.6. The fourth-order valence-electron chi connectivity index (χ4n) is 4.19. The summed E-state index contributed by atoms with van der Waals surface area (Å²) in [7, 11) is 1.50. The van der Waals surface area contributed by atoms with Crippen molar-refractivity contribution in [1.29, 1.82) is 0 Å². The van der Waals surface area contributed by atoms with Crippen molar-refractivity contribution >= 4 is 17.1 Å². The second-order valence-electron chi connectivity index (χ2n) is 8.65. The van der Waals surface area contributed by atoms with E-state index in [4.69, 9.17) is 24.1 Å². The molecular weight excluding hydrogens is 482 g/mol. The summed E-state index contributed by atoms with van der Waals surface area (Å²) >= 11 is 0. The lowest BCUT2D eigenvalue weighted by Gasteiger charge is -2.32. The van der Waals surface area contributed by atoms with Gasteiger partial charge in [-0.3, -0.25) is 19.1 Å². The predicted molar refractivity (Wildman–Crippen MR) is 133 cm³/mol. The molecule has 1 saturated heterocycles. The average molecular weight is 514 g/mol. The molecule has 0 amide bonds. The zero-order valence-corrected chi connectivity index (χ0v) is 20.9. The minimum absolute atomic E-state index is 0.174. The summed E-state index contributed by atoms with van der Waals surface area (Å²) < 4.78 is 17.9. The molecule has 0 aliphatic carbocycles. The molecule has 3 aromatic heterocycles. The zero-order valence-electron chi connectivity index (χ0n) is 20.9. The van der Waals surface area contributed by atoms with E-state index < -0.39 is 5.97 Å². The number of piperidine rings is 1. The molecule has 1 fully saturated rings. The molecule has 0 saturated carbocycles. The van der Waals surface area contributed by atoms with Crippen LogP contribution >= 0.6 is 0 Å². The van der Waals surface area contributed by atoms with E-state index in [-0.39, 0.29) is 11.6 Å². The van der Waals surface area contributed by atoms with Crippen molar-refractivity contribution in [2.75, 3.05) is 40.0 Å². The van der Waals surface area contributed by atoms with Gasteiger partial charge in [-0.05, 0) is 25.9 Å². The molecule has 13 nitrogen and oxygen atoms in total. The minimum Gasteiger partial charge on any atom is -0.486 e. The number of nitrogens with zero attached hydrogens (tertiary/aromatic N) is 6. The average Bonchev–Trinajstić information content (AvgIpc) is 2.91. The van der Waals surface area contributed by atoms with Crippen molar-refractivity contribution in [3.8, 4) is 17.5 Å². The highest BCUT2D eigenvalue weighted by Gasteiger charge is 2.20. The third kappa shape index (κ3) is 7.11. The van der Waals surface area contributed by atoms with E-state index >= 15 is 0 Å². The monoisotopic (exact) mass is 513 g/mol. The van der Waals surface area contributed by atoms with Crippen LogP contribution in [0.5, 0.6) is 17.5 Å². The van der Waals surface area contributed by atoms with Crippen molar-refractivity contribution in [1.82, 2.24) is 34.7 Å². The van der Waals surface area contributed by atoms with Crippen LogP contribution in [-0.4, -0.2) is 86.5 Å². The van der Waals surface area contributed by atoms with Crippen molar-refractivity contribution in [2.45, 2.75) is 38.9 Å². The molecule has 13 heteroatoms. The van der Waals surface area contributed by atoms with Crippen molar-refractivity contribution in [3.63, 3.8) is 0 Å². The number of aromatic nitrogens is 5. The van der Waals surface area contributed by atoms with Gasteiger partial charge < -0.3 is 29.5 Å². The largest absolute Gasteiger partial charge is 0.486 e. The topological polar surface area (TPSA) is 154 Å². The van der Waals surface area contributed by atoms with E-state index in [2.05, 4.69) is 30.2 Å². The highest BCUT2D eigenvalue weighted by molar-refractivity contribution is 5.68. The number of aliphatic carboxylic acids is 1. The van der Waals surface area contributed by atoms with Crippen LogP contribution < -0.4 is 25.1 Å². The SMILES string of the molecule is CC(=O)O.COc1ncc2ncc(=O)n(CCN3CCC(NCc4cc5c(cn4)OCCO5)CC3)c2n1. The van der Waals surface area contributed by atoms with E-state index in [0.717, 1.165) is 50.8 Å². The summed E-state index contributed by atoms with van der Waals surface area (Å²) in [4.78, 5) is 40.8. The summed E-state index contributed by atoms with van der Waals surface area (Å²) in [6.45, 7) is 6.15. The number of methoxy groups -OCH3 is 1. The van der Waals surface area contributed by atoms with Gasteiger partial charge in [0.25, 0.3) is 11.5 Å². The lowest BCUT2D eigenvalue weighted by atomic mass is 10.0. The summed E-state index contributed by atoms with van der Waals surface area (Å²) in [6, 6.07) is 2.60. The van der Waals surface area contributed by atoms with E-state index in [1.54, 1.807) is 17.0 Å². The van der Waals surface area contributed by atoms with Crippen LogP contribution in [0.1, 0.15) is 25.5 Å². The number of likely N-dealkylation sites (tertiary alicyclic amines) is 1. The third-order valence-corrected chi connectivity index (χ3v) is 6.03. The van der Waals surface area contributed by atoms with Gasteiger partial charge in [0.05, 0.1) is 31.4 Å². The molecule has 2 aliphatic rings. The van der Waals surface area contributed by atoms with Crippen LogP contribution in [0, 0.1) is 0 Å². The number of rotatable bonds is 7. The van der Waals surface area contributed by atoms with Crippen LogP contribution in [0.3, 0.4) is 0 Å². The van der Waals surface area contributed by atoms with Crippen molar-refractivity contribution in [3.05, 3.63) is 40.7 Å². The van der Waals surface area contributed by atoms with Gasteiger partial charge in [0, 0.05) is 38.7 Å². The molecule has 0 atom stereocenters. The maximum Gasteiger partial charge on any atom is 0.318 e. The number of nitrogens with one attached hydrogen (secondary N) is 1. The van der Waals surface area contributed by atoms with E-state index in [1.165, 1.54) is 13.3 Å². The van der Waals surface area contributed by atoms with Gasteiger partial charge in [0.1, 0.15) is 18.7 Å². The standard InChI is InChI=1S/C22H27N7O4.C2H4O2/c1-31-22-26-12-17-21(27-22)29(20(30)14-25-17)7-6-28-4-2-15(3-5-28)23-11-16-10-18-19(13-24-16)33-9-8-32-18;1-2(3)4/h10,12-15,23H,2-9,11H2,1H3;1H3,(H,3,4).